The van der Waals surface area contributed by atoms with E-state index in [1.807, 2.05) is 13.8 Å². The van der Waals surface area contributed by atoms with E-state index in [-0.39, 0.29) is 30.0 Å². The van der Waals surface area contributed by atoms with Crippen LogP contribution in [0, 0.1) is 5.82 Å². The molecule has 2 heterocycles. The number of nitrogens with zero attached hydrogens (tertiary/aromatic N) is 1. The Kier molecular flexibility index (Phi) is 5.50. The molecule has 1 fully saturated rings. The number of hydrogen-bond donors (Lipinski definition) is 0. The number of halogens is 2. The normalized spacial score (nSPS) is 23.9. The highest BCUT2D eigenvalue weighted by atomic mass is 35.5. The molecule has 0 N–H and O–H groups in total. The SMILES string of the molecule is CC1(C)OCC(COCc2cc(N3C(=O)C4=C(CCCC4)C3=O)c(F)cc2Cl)O1. The number of hydrogen-bond acceptors (Lipinski definition) is 5. The van der Waals surface area contributed by atoms with Gasteiger partial charge in [-0.2, -0.15) is 0 Å². The molecule has 29 heavy (non-hydrogen) atoms. The fraction of sp³-hybridized carbons (Fsp3) is 0.524. The summed E-state index contributed by atoms with van der Waals surface area (Å²) >= 11 is 6.17. The standard InChI is InChI=1S/C21H23ClFNO5/c1-21(2)28-11-13(29-21)10-27-9-12-7-18(17(23)8-16(12)22)24-19(25)14-5-3-4-6-15(14)20(24)26/h7-8,13H,3-6,9-11H2,1-2H3. The van der Waals surface area contributed by atoms with Gasteiger partial charge in [-0.15, -0.1) is 0 Å². The zero-order valence-corrected chi connectivity index (χ0v) is 17.2. The first-order chi connectivity index (χ1) is 13.8. The predicted molar refractivity (Wildman–Crippen MR) is 104 cm³/mol. The summed E-state index contributed by atoms with van der Waals surface area (Å²) in [4.78, 5) is 26.4. The molecule has 156 valence electrons. The molecule has 1 saturated heterocycles. The summed E-state index contributed by atoms with van der Waals surface area (Å²) in [5, 5.41) is 0.173. The smallest absolute Gasteiger partial charge is 0.261 e. The van der Waals surface area contributed by atoms with Crippen LogP contribution in [0.5, 0.6) is 0 Å². The molecule has 1 atom stereocenters. The Hall–Kier alpha value is -1.80. The van der Waals surface area contributed by atoms with Crippen molar-refractivity contribution in [1.29, 1.82) is 0 Å². The zero-order chi connectivity index (χ0) is 20.8. The summed E-state index contributed by atoms with van der Waals surface area (Å²) in [6.07, 6.45) is 2.62. The van der Waals surface area contributed by atoms with E-state index < -0.39 is 23.4 Å². The lowest BCUT2D eigenvalue weighted by Crippen LogP contribution is -2.32. The third kappa shape index (κ3) is 3.97. The molecular weight excluding hydrogens is 401 g/mol. The van der Waals surface area contributed by atoms with E-state index >= 15 is 0 Å². The van der Waals surface area contributed by atoms with Crippen molar-refractivity contribution in [2.24, 2.45) is 0 Å². The molecule has 0 saturated carbocycles. The van der Waals surface area contributed by atoms with Crippen LogP contribution < -0.4 is 4.90 Å². The largest absolute Gasteiger partial charge is 0.374 e. The molecule has 6 nitrogen and oxygen atoms in total. The summed E-state index contributed by atoms with van der Waals surface area (Å²) in [7, 11) is 0. The Morgan fingerprint density at radius 2 is 1.86 bits per heavy atom. The van der Waals surface area contributed by atoms with E-state index in [1.165, 1.54) is 6.07 Å². The lowest BCUT2D eigenvalue weighted by molar-refractivity contribution is -0.145. The molecule has 2 aliphatic heterocycles. The second-order valence-electron chi connectivity index (χ2n) is 7.97. The van der Waals surface area contributed by atoms with Crippen LogP contribution >= 0.6 is 11.6 Å². The van der Waals surface area contributed by atoms with E-state index in [1.54, 1.807) is 0 Å². The molecule has 1 unspecified atom stereocenters. The molecule has 0 aromatic heterocycles. The highest BCUT2D eigenvalue weighted by Gasteiger charge is 2.41. The first kappa shape index (κ1) is 20.5. The fourth-order valence-corrected chi connectivity index (χ4v) is 4.17. The Bertz CT molecular complexity index is 869. The summed E-state index contributed by atoms with van der Waals surface area (Å²) in [5.41, 5.74) is 1.43. The average molecular weight is 424 g/mol. The van der Waals surface area contributed by atoms with Crippen molar-refractivity contribution in [3.63, 3.8) is 0 Å². The first-order valence-electron chi connectivity index (χ1n) is 9.75. The van der Waals surface area contributed by atoms with E-state index in [0.717, 1.165) is 23.8 Å². The van der Waals surface area contributed by atoms with Crippen LogP contribution in [0.4, 0.5) is 10.1 Å². The third-order valence-corrected chi connectivity index (χ3v) is 5.73. The van der Waals surface area contributed by atoms with E-state index in [2.05, 4.69) is 0 Å². The van der Waals surface area contributed by atoms with Gasteiger partial charge in [0.15, 0.2) is 5.79 Å². The molecule has 4 rings (SSSR count). The first-order valence-corrected chi connectivity index (χ1v) is 10.1. The zero-order valence-electron chi connectivity index (χ0n) is 16.4. The summed E-state index contributed by atoms with van der Waals surface area (Å²) in [6, 6.07) is 2.54. The molecule has 1 aliphatic carbocycles. The Morgan fingerprint density at radius 3 is 2.45 bits per heavy atom. The van der Waals surface area contributed by atoms with Crippen molar-refractivity contribution in [2.45, 2.75) is 58.0 Å². The van der Waals surface area contributed by atoms with Gasteiger partial charge >= 0.3 is 0 Å². The monoisotopic (exact) mass is 423 g/mol. The van der Waals surface area contributed by atoms with Crippen LogP contribution in [0.2, 0.25) is 5.02 Å². The van der Waals surface area contributed by atoms with E-state index in [9.17, 15) is 14.0 Å². The van der Waals surface area contributed by atoms with Crippen molar-refractivity contribution < 1.29 is 28.2 Å². The van der Waals surface area contributed by atoms with Gasteiger partial charge in [0.25, 0.3) is 11.8 Å². The van der Waals surface area contributed by atoms with Crippen molar-refractivity contribution in [3.05, 3.63) is 39.7 Å². The number of imide groups is 1. The number of ether oxygens (including phenoxy) is 3. The van der Waals surface area contributed by atoms with Gasteiger partial charge in [0.1, 0.15) is 11.9 Å². The number of amides is 2. The Labute approximate surface area is 173 Å². The Morgan fingerprint density at radius 1 is 1.21 bits per heavy atom. The van der Waals surface area contributed by atoms with Crippen LogP contribution in [0.25, 0.3) is 0 Å². The number of carbonyl (C=O) groups is 2. The quantitative estimate of drug-likeness (QED) is 0.672. The van der Waals surface area contributed by atoms with Crippen LogP contribution in [0.15, 0.2) is 23.3 Å². The maximum atomic E-state index is 14.6. The van der Waals surface area contributed by atoms with E-state index in [4.69, 9.17) is 25.8 Å². The van der Waals surface area contributed by atoms with Gasteiger partial charge in [-0.3, -0.25) is 9.59 Å². The van der Waals surface area contributed by atoms with Gasteiger partial charge in [-0.25, -0.2) is 9.29 Å². The number of rotatable bonds is 5. The van der Waals surface area contributed by atoms with Crippen LogP contribution in [-0.4, -0.2) is 36.9 Å². The molecule has 1 aromatic carbocycles. The van der Waals surface area contributed by atoms with Crippen LogP contribution in [0.1, 0.15) is 45.1 Å². The van der Waals surface area contributed by atoms with Crippen molar-refractivity contribution in [3.8, 4) is 0 Å². The maximum absolute atomic E-state index is 14.6. The van der Waals surface area contributed by atoms with Crippen molar-refractivity contribution in [1.82, 2.24) is 0 Å². The molecule has 0 bridgehead atoms. The number of benzene rings is 1. The maximum Gasteiger partial charge on any atom is 0.261 e. The number of carbonyl (C=O) groups excluding carboxylic acids is 2. The molecule has 8 heteroatoms. The van der Waals surface area contributed by atoms with Crippen LogP contribution in [0.3, 0.4) is 0 Å². The number of anilines is 1. The van der Waals surface area contributed by atoms with Gasteiger partial charge in [0, 0.05) is 16.2 Å². The molecule has 3 aliphatic rings. The topological polar surface area (TPSA) is 65.1 Å². The molecule has 0 spiro atoms. The molecular formula is C21H23ClFNO5. The van der Waals surface area contributed by atoms with Gasteiger partial charge in [-0.05, 0) is 57.2 Å². The molecule has 2 amide bonds. The lowest BCUT2D eigenvalue weighted by atomic mass is 9.93. The Balaban J connectivity index is 1.49. The average Bonchev–Trinajstić information content (AvgIpc) is 3.14. The molecule has 0 radical (unpaired) electrons. The summed E-state index contributed by atoms with van der Waals surface area (Å²) in [6.45, 7) is 4.45. The molecule has 1 aromatic rings. The predicted octanol–water partition coefficient (Wildman–Crippen LogP) is 3.89. The second-order valence-corrected chi connectivity index (χ2v) is 8.38. The second kappa shape index (κ2) is 7.80. The van der Waals surface area contributed by atoms with Gasteiger partial charge in [0.2, 0.25) is 0 Å². The minimum atomic E-state index is -0.713. The lowest BCUT2D eigenvalue weighted by Gasteiger charge is -2.19. The van der Waals surface area contributed by atoms with Crippen molar-refractivity contribution >= 4 is 29.1 Å². The van der Waals surface area contributed by atoms with Crippen LogP contribution in [-0.2, 0) is 30.4 Å². The third-order valence-electron chi connectivity index (χ3n) is 5.38. The van der Waals surface area contributed by atoms with Gasteiger partial charge in [-0.1, -0.05) is 11.6 Å². The minimum Gasteiger partial charge on any atom is -0.374 e. The highest BCUT2D eigenvalue weighted by molar-refractivity contribution is 6.34. The summed E-state index contributed by atoms with van der Waals surface area (Å²) in [5.74, 6) is -2.22. The fourth-order valence-electron chi connectivity index (χ4n) is 3.97. The van der Waals surface area contributed by atoms with E-state index in [0.29, 0.717) is 36.2 Å². The minimum absolute atomic E-state index is 0.0843. The van der Waals surface area contributed by atoms with Gasteiger partial charge < -0.3 is 14.2 Å². The van der Waals surface area contributed by atoms with Gasteiger partial charge in [0.05, 0.1) is 25.5 Å². The van der Waals surface area contributed by atoms with Crippen molar-refractivity contribution in [2.75, 3.05) is 18.1 Å². The summed E-state index contributed by atoms with van der Waals surface area (Å²) < 4.78 is 31.5. The highest BCUT2D eigenvalue weighted by Crippen LogP contribution is 2.38.